The van der Waals surface area contributed by atoms with Crippen LogP contribution in [0.15, 0.2) is 24.3 Å². The highest BCUT2D eigenvalue weighted by atomic mass is 16.2. The number of rotatable bonds is 6. The Labute approximate surface area is 137 Å². The molecule has 1 unspecified atom stereocenters. The van der Waals surface area contributed by atoms with Gasteiger partial charge < -0.3 is 9.80 Å². The first kappa shape index (κ1) is 17.0. The molecule has 2 rings (SSSR count). The first-order valence-electron chi connectivity index (χ1n) is 8.15. The van der Waals surface area contributed by atoms with E-state index in [2.05, 4.69) is 6.92 Å². The minimum Gasteiger partial charge on any atom is -0.329 e. The van der Waals surface area contributed by atoms with Crippen LogP contribution in [0.1, 0.15) is 32.3 Å². The predicted octanol–water partition coefficient (Wildman–Crippen LogP) is 2.36. The van der Waals surface area contributed by atoms with Crippen molar-refractivity contribution in [3.05, 3.63) is 29.8 Å². The Kier molecular flexibility index (Phi) is 5.75. The smallest absolute Gasteiger partial charge is 0.228 e. The molecule has 122 valence electrons. The number of aryl methyl sites for hydroxylation is 1. The highest BCUT2D eigenvalue weighted by Gasteiger charge is 2.36. The van der Waals surface area contributed by atoms with Crippen LogP contribution >= 0.6 is 0 Å². The number of nitriles is 1. The number of carbonyl (C=O) groups is 2. The van der Waals surface area contributed by atoms with Gasteiger partial charge in [0.1, 0.15) is 6.54 Å². The topological polar surface area (TPSA) is 64.4 Å². The Morgan fingerprint density at radius 1 is 1.35 bits per heavy atom. The quantitative estimate of drug-likeness (QED) is 0.757. The summed E-state index contributed by atoms with van der Waals surface area (Å²) in [6.07, 6.45) is 1.98. The minimum absolute atomic E-state index is 0.0268. The first-order chi connectivity index (χ1) is 11.1. The number of amides is 2. The molecule has 0 saturated carbocycles. The zero-order chi connectivity index (χ0) is 16.8. The summed E-state index contributed by atoms with van der Waals surface area (Å²) in [5.41, 5.74) is 2.06. The molecule has 1 atom stereocenters. The number of hydrogen-bond acceptors (Lipinski definition) is 3. The summed E-state index contributed by atoms with van der Waals surface area (Å²) in [4.78, 5) is 28.1. The Balaban J connectivity index is 2.09. The Bertz CT molecular complexity index is 604. The van der Waals surface area contributed by atoms with Gasteiger partial charge in [0.15, 0.2) is 0 Å². The summed E-state index contributed by atoms with van der Waals surface area (Å²) in [5.74, 6) is -0.469. The van der Waals surface area contributed by atoms with Gasteiger partial charge in [-0.15, -0.1) is 0 Å². The van der Waals surface area contributed by atoms with E-state index in [1.165, 1.54) is 5.56 Å². The molecule has 1 fully saturated rings. The lowest BCUT2D eigenvalue weighted by Crippen LogP contribution is -2.38. The lowest BCUT2D eigenvalue weighted by Gasteiger charge is -2.22. The maximum Gasteiger partial charge on any atom is 0.228 e. The number of nitrogens with zero attached hydrogens (tertiary/aromatic N) is 3. The zero-order valence-corrected chi connectivity index (χ0v) is 13.8. The fourth-order valence-electron chi connectivity index (χ4n) is 2.91. The van der Waals surface area contributed by atoms with Crippen molar-refractivity contribution in [2.75, 3.05) is 24.5 Å². The van der Waals surface area contributed by atoms with E-state index in [-0.39, 0.29) is 30.7 Å². The molecule has 5 nitrogen and oxygen atoms in total. The van der Waals surface area contributed by atoms with Gasteiger partial charge >= 0.3 is 0 Å². The van der Waals surface area contributed by atoms with Gasteiger partial charge in [0.2, 0.25) is 11.8 Å². The van der Waals surface area contributed by atoms with Crippen LogP contribution in [0.5, 0.6) is 0 Å². The van der Waals surface area contributed by atoms with Gasteiger partial charge in [0.05, 0.1) is 12.0 Å². The third-order valence-corrected chi connectivity index (χ3v) is 4.20. The fraction of sp³-hybridized carbons (Fsp3) is 0.500. The molecule has 1 heterocycles. The maximum absolute atomic E-state index is 12.5. The van der Waals surface area contributed by atoms with Crippen molar-refractivity contribution in [3.63, 3.8) is 0 Å². The predicted molar refractivity (Wildman–Crippen MR) is 88.8 cm³/mol. The van der Waals surface area contributed by atoms with E-state index in [0.717, 1.165) is 18.5 Å². The minimum atomic E-state index is -0.353. The van der Waals surface area contributed by atoms with Gasteiger partial charge in [-0.05, 0) is 30.5 Å². The molecule has 0 aliphatic carbocycles. The number of anilines is 1. The van der Waals surface area contributed by atoms with Crippen molar-refractivity contribution in [3.8, 4) is 6.07 Å². The average Bonchev–Trinajstić information content (AvgIpc) is 2.96. The van der Waals surface area contributed by atoms with Crippen LogP contribution in [0.25, 0.3) is 0 Å². The molecule has 23 heavy (non-hydrogen) atoms. The van der Waals surface area contributed by atoms with E-state index in [1.54, 1.807) is 9.80 Å². The lowest BCUT2D eigenvalue weighted by molar-refractivity contribution is -0.135. The van der Waals surface area contributed by atoms with Crippen molar-refractivity contribution in [1.82, 2.24) is 4.90 Å². The molecular weight excluding hydrogens is 290 g/mol. The highest BCUT2D eigenvalue weighted by Crippen LogP contribution is 2.26. The Morgan fingerprint density at radius 2 is 2.04 bits per heavy atom. The van der Waals surface area contributed by atoms with Gasteiger partial charge in [0, 0.05) is 25.2 Å². The molecule has 0 N–H and O–H groups in total. The van der Waals surface area contributed by atoms with Crippen LogP contribution in [-0.4, -0.2) is 36.3 Å². The molecule has 1 aromatic rings. The summed E-state index contributed by atoms with van der Waals surface area (Å²) >= 11 is 0. The van der Waals surface area contributed by atoms with Crippen LogP contribution in [0.3, 0.4) is 0 Å². The number of carbonyl (C=O) groups excluding carboxylic acids is 2. The summed E-state index contributed by atoms with van der Waals surface area (Å²) in [7, 11) is 0. The largest absolute Gasteiger partial charge is 0.329 e. The second-order valence-electron chi connectivity index (χ2n) is 5.84. The molecule has 0 spiro atoms. The average molecular weight is 313 g/mol. The molecule has 1 saturated heterocycles. The first-order valence-corrected chi connectivity index (χ1v) is 8.15. The van der Waals surface area contributed by atoms with Gasteiger partial charge in [-0.2, -0.15) is 5.26 Å². The fourth-order valence-corrected chi connectivity index (χ4v) is 2.91. The molecule has 0 radical (unpaired) electrons. The van der Waals surface area contributed by atoms with E-state index in [1.807, 2.05) is 37.3 Å². The van der Waals surface area contributed by atoms with Crippen molar-refractivity contribution >= 4 is 17.5 Å². The highest BCUT2D eigenvalue weighted by molar-refractivity contribution is 6.00. The summed E-state index contributed by atoms with van der Waals surface area (Å²) in [6.45, 7) is 5.10. The number of benzene rings is 1. The second kappa shape index (κ2) is 7.77. The Morgan fingerprint density at radius 3 is 2.61 bits per heavy atom. The summed E-state index contributed by atoms with van der Waals surface area (Å²) < 4.78 is 0. The maximum atomic E-state index is 12.5. The van der Waals surface area contributed by atoms with Crippen molar-refractivity contribution in [2.24, 2.45) is 5.92 Å². The van der Waals surface area contributed by atoms with Gasteiger partial charge in [-0.1, -0.05) is 26.0 Å². The van der Waals surface area contributed by atoms with E-state index in [0.29, 0.717) is 13.1 Å². The Hall–Kier alpha value is -2.35. The van der Waals surface area contributed by atoms with E-state index in [4.69, 9.17) is 5.26 Å². The monoisotopic (exact) mass is 313 g/mol. The van der Waals surface area contributed by atoms with Crippen LogP contribution in [0.2, 0.25) is 0 Å². The van der Waals surface area contributed by atoms with Crippen LogP contribution in [0.4, 0.5) is 5.69 Å². The van der Waals surface area contributed by atoms with E-state index in [9.17, 15) is 9.59 Å². The lowest BCUT2D eigenvalue weighted by atomic mass is 10.1. The third kappa shape index (κ3) is 3.89. The molecule has 1 aliphatic rings. The van der Waals surface area contributed by atoms with Crippen molar-refractivity contribution in [1.29, 1.82) is 5.26 Å². The summed E-state index contributed by atoms with van der Waals surface area (Å²) in [6, 6.07) is 9.92. The standard InChI is InChI=1S/C18H23N3O2/c1-3-10-20(11-9-19)18(23)15-12-17(22)21(13-15)16-7-5-14(4-2)6-8-16/h5-8,15H,3-4,10-13H2,1-2H3. The van der Waals surface area contributed by atoms with Crippen molar-refractivity contribution in [2.45, 2.75) is 33.1 Å². The molecule has 2 amide bonds. The molecule has 1 aromatic carbocycles. The van der Waals surface area contributed by atoms with Crippen molar-refractivity contribution < 1.29 is 9.59 Å². The van der Waals surface area contributed by atoms with Gasteiger partial charge in [-0.3, -0.25) is 9.59 Å². The van der Waals surface area contributed by atoms with Crippen LogP contribution in [0, 0.1) is 17.2 Å². The van der Waals surface area contributed by atoms with Gasteiger partial charge in [0.25, 0.3) is 0 Å². The molecule has 0 bridgehead atoms. The molecular formula is C18H23N3O2. The molecule has 0 aromatic heterocycles. The van der Waals surface area contributed by atoms with Gasteiger partial charge in [-0.25, -0.2) is 0 Å². The second-order valence-corrected chi connectivity index (χ2v) is 5.84. The third-order valence-electron chi connectivity index (χ3n) is 4.20. The van der Waals surface area contributed by atoms with Crippen LogP contribution in [-0.2, 0) is 16.0 Å². The van der Waals surface area contributed by atoms with Crippen LogP contribution < -0.4 is 4.90 Å². The molecule has 1 aliphatic heterocycles. The SMILES string of the molecule is CCCN(CC#N)C(=O)C1CC(=O)N(c2ccc(CC)cc2)C1. The van der Waals surface area contributed by atoms with E-state index >= 15 is 0 Å². The number of hydrogen-bond donors (Lipinski definition) is 0. The molecule has 5 heteroatoms. The normalized spacial score (nSPS) is 17.2. The summed E-state index contributed by atoms with van der Waals surface area (Å²) in [5, 5.41) is 8.87. The zero-order valence-electron chi connectivity index (χ0n) is 13.8. The van der Waals surface area contributed by atoms with E-state index < -0.39 is 0 Å².